The first kappa shape index (κ1) is 17.0. The molecular weight excluding hydrogens is 300 g/mol. The van der Waals surface area contributed by atoms with Crippen LogP contribution in [0.3, 0.4) is 0 Å². The number of halogens is 4. The molecule has 1 heterocycles. The predicted molar refractivity (Wildman–Crippen MR) is 75.0 cm³/mol. The largest absolute Gasteiger partial charge is 0.481 e. The lowest BCUT2D eigenvalue weighted by Crippen LogP contribution is -2.31. The molecule has 1 aromatic rings. The molecule has 1 atom stereocenters. The topological polar surface area (TPSA) is 38.5 Å². The predicted octanol–water partition coefficient (Wildman–Crippen LogP) is 2.94. The fraction of sp³-hybridized carbons (Fsp3) is 0.600. The van der Waals surface area contributed by atoms with Gasteiger partial charge in [0.25, 0.3) is 0 Å². The van der Waals surface area contributed by atoms with E-state index >= 15 is 0 Å². The zero-order valence-corrected chi connectivity index (χ0v) is 12.4. The third kappa shape index (κ3) is 4.58. The van der Waals surface area contributed by atoms with E-state index in [1.54, 1.807) is 6.07 Å². The number of ether oxygens (including phenoxy) is 1. The summed E-state index contributed by atoms with van der Waals surface area (Å²) < 4.78 is 54.4. The van der Waals surface area contributed by atoms with Crippen LogP contribution < -0.4 is 10.5 Å². The third-order valence-corrected chi connectivity index (χ3v) is 3.92. The maximum atomic E-state index is 13.8. The van der Waals surface area contributed by atoms with Crippen LogP contribution in [0.4, 0.5) is 17.6 Å². The van der Waals surface area contributed by atoms with Crippen molar-refractivity contribution >= 4 is 0 Å². The molecule has 0 aliphatic carbocycles. The highest BCUT2D eigenvalue weighted by Crippen LogP contribution is 2.30. The van der Waals surface area contributed by atoms with Crippen molar-refractivity contribution in [2.24, 2.45) is 11.1 Å². The molecule has 1 saturated heterocycles. The number of alkyl halides is 3. The molecule has 0 spiro atoms. The Morgan fingerprint density at radius 1 is 1.36 bits per heavy atom. The van der Waals surface area contributed by atoms with Crippen LogP contribution in [0.25, 0.3) is 0 Å². The summed E-state index contributed by atoms with van der Waals surface area (Å²) in [5.41, 5.74) is 6.53. The van der Waals surface area contributed by atoms with Crippen LogP contribution in [-0.2, 0) is 6.54 Å². The molecule has 0 radical (unpaired) electrons. The molecule has 0 amide bonds. The van der Waals surface area contributed by atoms with E-state index in [0.717, 1.165) is 19.5 Å². The average molecular weight is 320 g/mol. The molecule has 0 saturated carbocycles. The normalized spacial score (nSPS) is 23.0. The number of nitrogens with two attached hydrogens (primary N) is 1. The standard InChI is InChI=1S/C15H20F4N2O/c1-14(8-20)4-5-21(9-14)7-11-2-3-13(12(16)6-11)22-10-15(17,18)19/h2-3,6H,4-5,7-10,20H2,1H3. The van der Waals surface area contributed by atoms with Crippen LogP contribution >= 0.6 is 0 Å². The molecule has 1 aromatic carbocycles. The quantitative estimate of drug-likeness (QED) is 0.848. The Labute approximate surface area is 127 Å². The van der Waals surface area contributed by atoms with Gasteiger partial charge in [-0.25, -0.2) is 4.39 Å². The molecule has 1 unspecified atom stereocenters. The van der Waals surface area contributed by atoms with Crippen molar-refractivity contribution in [1.82, 2.24) is 4.90 Å². The van der Waals surface area contributed by atoms with Crippen molar-refractivity contribution in [2.45, 2.75) is 26.1 Å². The van der Waals surface area contributed by atoms with E-state index in [1.807, 2.05) is 0 Å². The van der Waals surface area contributed by atoms with Gasteiger partial charge in [0.15, 0.2) is 18.2 Å². The van der Waals surface area contributed by atoms with E-state index in [0.29, 0.717) is 18.7 Å². The van der Waals surface area contributed by atoms with Crippen molar-refractivity contribution in [3.63, 3.8) is 0 Å². The van der Waals surface area contributed by atoms with Crippen LogP contribution in [0.15, 0.2) is 18.2 Å². The Hall–Kier alpha value is -1.34. The minimum Gasteiger partial charge on any atom is -0.481 e. The molecule has 124 valence electrons. The molecule has 1 aliphatic heterocycles. The second-order valence-corrected chi connectivity index (χ2v) is 6.14. The monoisotopic (exact) mass is 320 g/mol. The molecule has 2 rings (SSSR count). The Morgan fingerprint density at radius 2 is 2.09 bits per heavy atom. The highest BCUT2D eigenvalue weighted by Gasteiger charge is 2.32. The number of rotatable bonds is 5. The zero-order valence-electron chi connectivity index (χ0n) is 12.4. The summed E-state index contributed by atoms with van der Waals surface area (Å²) in [6.07, 6.45) is -3.49. The van der Waals surface area contributed by atoms with Crippen LogP contribution in [0.2, 0.25) is 0 Å². The maximum Gasteiger partial charge on any atom is 0.422 e. The maximum absolute atomic E-state index is 13.8. The van der Waals surface area contributed by atoms with Crippen molar-refractivity contribution < 1.29 is 22.3 Å². The van der Waals surface area contributed by atoms with Gasteiger partial charge < -0.3 is 10.5 Å². The van der Waals surface area contributed by atoms with Gasteiger partial charge in [0, 0.05) is 13.1 Å². The number of hydrogen-bond donors (Lipinski definition) is 1. The Kier molecular flexibility index (Phi) is 4.97. The van der Waals surface area contributed by atoms with Gasteiger partial charge in [0.1, 0.15) is 0 Å². The van der Waals surface area contributed by atoms with Gasteiger partial charge in [0.2, 0.25) is 0 Å². The summed E-state index contributed by atoms with van der Waals surface area (Å²) in [5.74, 6) is -1.16. The van der Waals surface area contributed by atoms with E-state index in [4.69, 9.17) is 5.73 Å². The molecule has 7 heteroatoms. The lowest BCUT2D eigenvalue weighted by molar-refractivity contribution is -0.153. The SMILES string of the molecule is CC1(CN)CCN(Cc2ccc(OCC(F)(F)F)c(F)c2)C1. The first-order chi connectivity index (χ1) is 10.2. The fourth-order valence-corrected chi connectivity index (χ4v) is 2.61. The van der Waals surface area contributed by atoms with Gasteiger partial charge in [0.05, 0.1) is 0 Å². The van der Waals surface area contributed by atoms with Crippen molar-refractivity contribution in [3.05, 3.63) is 29.6 Å². The van der Waals surface area contributed by atoms with E-state index in [1.165, 1.54) is 12.1 Å². The first-order valence-electron chi connectivity index (χ1n) is 7.11. The van der Waals surface area contributed by atoms with E-state index in [2.05, 4.69) is 16.6 Å². The summed E-state index contributed by atoms with van der Waals surface area (Å²) in [6.45, 7) is 3.47. The molecular formula is C15H20F4N2O. The summed E-state index contributed by atoms with van der Waals surface area (Å²) in [7, 11) is 0. The lowest BCUT2D eigenvalue weighted by Gasteiger charge is -2.22. The van der Waals surface area contributed by atoms with Gasteiger partial charge in [-0.2, -0.15) is 13.2 Å². The molecule has 22 heavy (non-hydrogen) atoms. The van der Waals surface area contributed by atoms with Crippen molar-refractivity contribution in [3.8, 4) is 5.75 Å². The van der Waals surface area contributed by atoms with Crippen molar-refractivity contribution in [2.75, 3.05) is 26.2 Å². The Balaban J connectivity index is 1.95. The van der Waals surface area contributed by atoms with Gasteiger partial charge in [-0.15, -0.1) is 0 Å². The summed E-state index contributed by atoms with van der Waals surface area (Å²) in [6, 6.07) is 4.06. The van der Waals surface area contributed by atoms with E-state index < -0.39 is 18.6 Å². The third-order valence-electron chi connectivity index (χ3n) is 3.92. The number of likely N-dealkylation sites (tertiary alicyclic amines) is 1. The molecule has 2 N–H and O–H groups in total. The number of nitrogens with zero attached hydrogens (tertiary/aromatic N) is 1. The van der Waals surface area contributed by atoms with Crippen molar-refractivity contribution in [1.29, 1.82) is 0 Å². The van der Waals surface area contributed by atoms with Crippen LogP contribution in [-0.4, -0.2) is 37.3 Å². The van der Waals surface area contributed by atoms with Crippen LogP contribution in [0.5, 0.6) is 5.75 Å². The first-order valence-corrected chi connectivity index (χ1v) is 7.11. The minimum atomic E-state index is -4.48. The molecule has 0 aromatic heterocycles. The fourth-order valence-electron chi connectivity index (χ4n) is 2.61. The highest BCUT2D eigenvalue weighted by molar-refractivity contribution is 5.29. The second-order valence-electron chi connectivity index (χ2n) is 6.14. The summed E-state index contributed by atoms with van der Waals surface area (Å²) in [5, 5.41) is 0. The second kappa shape index (κ2) is 6.42. The average Bonchev–Trinajstić information content (AvgIpc) is 2.79. The van der Waals surface area contributed by atoms with Crippen LogP contribution in [0, 0.1) is 11.2 Å². The zero-order chi connectivity index (χ0) is 16.4. The van der Waals surface area contributed by atoms with Crippen LogP contribution in [0.1, 0.15) is 18.9 Å². The minimum absolute atomic E-state index is 0.0777. The number of benzene rings is 1. The molecule has 1 fully saturated rings. The van der Waals surface area contributed by atoms with Gasteiger partial charge >= 0.3 is 6.18 Å². The Morgan fingerprint density at radius 3 is 2.64 bits per heavy atom. The molecule has 0 bridgehead atoms. The smallest absolute Gasteiger partial charge is 0.422 e. The van der Waals surface area contributed by atoms with Gasteiger partial charge in [-0.3, -0.25) is 4.90 Å². The van der Waals surface area contributed by atoms with Gasteiger partial charge in [-0.05, 0) is 42.6 Å². The number of hydrogen-bond acceptors (Lipinski definition) is 3. The Bertz CT molecular complexity index is 521. The highest BCUT2D eigenvalue weighted by atomic mass is 19.4. The summed E-state index contributed by atoms with van der Waals surface area (Å²) in [4.78, 5) is 2.16. The molecule has 1 aliphatic rings. The lowest BCUT2D eigenvalue weighted by atomic mass is 9.90. The summed E-state index contributed by atoms with van der Waals surface area (Å²) >= 11 is 0. The van der Waals surface area contributed by atoms with E-state index in [-0.39, 0.29) is 11.2 Å². The molecule has 3 nitrogen and oxygen atoms in total. The van der Waals surface area contributed by atoms with Gasteiger partial charge in [-0.1, -0.05) is 13.0 Å². The van der Waals surface area contributed by atoms with E-state index in [9.17, 15) is 17.6 Å².